The fourth-order valence-corrected chi connectivity index (χ4v) is 5.59. The number of aliphatic imine (C=N–C) groups is 1. The van der Waals surface area contributed by atoms with E-state index in [1.165, 1.54) is 30.1 Å². The topological polar surface area (TPSA) is 145 Å². The summed E-state index contributed by atoms with van der Waals surface area (Å²) >= 11 is 0. The Balaban J connectivity index is 0.00000144. The van der Waals surface area contributed by atoms with Gasteiger partial charge in [0.2, 0.25) is 21.8 Å². The number of methoxy groups -OCH3 is 2. The summed E-state index contributed by atoms with van der Waals surface area (Å²) in [4.78, 5) is 9.65. The van der Waals surface area contributed by atoms with E-state index in [0.29, 0.717) is 22.9 Å². The third-order valence-electron chi connectivity index (χ3n) is 5.91. The molecule has 212 valence electrons. The number of amidine groups is 1. The van der Waals surface area contributed by atoms with Gasteiger partial charge in [0.1, 0.15) is 40.1 Å². The molecule has 1 saturated heterocycles. The molecular formula is C24H32FN7O6S. The lowest BCUT2D eigenvalue weighted by molar-refractivity contribution is -0.0975. The van der Waals surface area contributed by atoms with E-state index < -0.39 is 27.1 Å². The van der Waals surface area contributed by atoms with Crippen LogP contribution < -0.4 is 19.5 Å². The number of hydroxylamine groups is 2. The van der Waals surface area contributed by atoms with E-state index in [1.54, 1.807) is 37.4 Å². The zero-order valence-corrected chi connectivity index (χ0v) is 22.9. The summed E-state index contributed by atoms with van der Waals surface area (Å²) in [6, 6.07) is 7.62. The number of halogens is 1. The zero-order chi connectivity index (χ0) is 28.2. The monoisotopic (exact) mass is 565 g/mol. The molecule has 0 radical (unpaired) electrons. The highest BCUT2D eigenvalue weighted by Gasteiger charge is 2.46. The fourth-order valence-electron chi connectivity index (χ4n) is 4.17. The molecule has 2 atom stereocenters. The Labute approximate surface area is 226 Å². The van der Waals surface area contributed by atoms with Crippen molar-refractivity contribution in [2.24, 2.45) is 4.99 Å². The Kier molecular flexibility index (Phi) is 8.52. The molecule has 2 aliphatic rings. The number of furan rings is 1. The van der Waals surface area contributed by atoms with Crippen molar-refractivity contribution in [3.63, 3.8) is 0 Å². The molecule has 5 rings (SSSR count). The van der Waals surface area contributed by atoms with Crippen LogP contribution in [0.25, 0.3) is 17.3 Å². The predicted octanol–water partition coefficient (Wildman–Crippen LogP) is 2.99. The largest absolute Gasteiger partial charge is 0.494 e. The van der Waals surface area contributed by atoms with Crippen molar-refractivity contribution in [1.82, 2.24) is 25.1 Å². The summed E-state index contributed by atoms with van der Waals surface area (Å²) in [5.41, 5.74) is 0.358. The first-order valence-electron chi connectivity index (χ1n) is 12.1. The van der Waals surface area contributed by atoms with Crippen molar-refractivity contribution in [1.29, 1.82) is 0 Å². The molecule has 15 heteroatoms. The minimum atomic E-state index is -4.17. The van der Waals surface area contributed by atoms with E-state index in [4.69, 9.17) is 18.7 Å². The molecule has 0 bridgehead atoms. The maximum absolute atomic E-state index is 13.7. The van der Waals surface area contributed by atoms with Crippen molar-refractivity contribution < 1.29 is 33.0 Å². The summed E-state index contributed by atoms with van der Waals surface area (Å²) in [6.07, 6.45) is 2.61. The number of nitrogens with zero attached hydrogens (tertiary/aromatic N) is 5. The highest BCUT2D eigenvalue weighted by Crippen LogP contribution is 2.38. The molecular weight excluding hydrogens is 533 g/mol. The van der Waals surface area contributed by atoms with Crippen LogP contribution in [0.3, 0.4) is 0 Å². The van der Waals surface area contributed by atoms with Crippen LogP contribution >= 0.6 is 0 Å². The Morgan fingerprint density at radius 1 is 1.15 bits per heavy atom. The molecule has 0 saturated carbocycles. The zero-order valence-electron chi connectivity index (χ0n) is 22.1. The lowest BCUT2D eigenvalue weighted by atomic mass is 10.2. The second-order valence-corrected chi connectivity index (χ2v) is 9.98. The summed E-state index contributed by atoms with van der Waals surface area (Å²) in [7, 11) is 0.362. The Bertz CT molecular complexity index is 1440. The fraction of sp³-hybridized carbons (Fsp3) is 0.375. The van der Waals surface area contributed by atoms with Crippen molar-refractivity contribution in [3.05, 3.63) is 48.6 Å². The molecule has 13 nitrogen and oxygen atoms in total. The van der Waals surface area contributed by atoms with Crippen LogP contribution in [0.2, 0.25) is 0 Å². The Morgan fingerprint density at radius 3 is 2.46 bits per heavy atom. The van der Waals surface area contributed by atoms with Gasteiger partial charge < -0.3 is 19.2 Å². The van der Waals surface area contributed by atoms with Crippen LogP contribution in [-0.4, -0.2) is 79.8 Å². The second kappa shape index (κ2) is 11.8. The highest BCUT2D eigenvalue weighted by molar-refractivity contribution is 7.93. The lowest BCUT2D eigenvalue weighted by Crippen LogP contribution is -2.50. The quantitative estimate of drug-likeness (QED) is 0.418. The highest BCUT2D eigenvalue weighted by atomic mass is 32.2. The first-order valence-corrected chi connectivity index (χ1v) is 13.6. The summed E-state index contributed by atoms with van der Waals surface area (Å²) < 4.78 is 61.4. The average Bonchev–Trinajstić information content (AvgIpc) is 3.70. The summed E-state index contributed by atoms with van der Waals surface area (Å²) in [5.74, 6) is 0.968. The van der Waals surface area contributed by atoms with Crippen molar-refractivity contribution in [2.75, 3.05) is 39.1 Å². The van der Waals surface area contributed by atoms with Crippen LogP contribution in [0.4, 0.5) is 10.3 Å². The van der Waals surface area contributed by atoms with Crippen molar-refractivity contribution in [3.8, 4) is 28.8 Å². The number of hydrogen-bond acceptors (Lipinski definition) is 11. The van der Waals surface area contributed by atoms with Gasteiger partial charge in [-0.1, -0.05) is 19.9 Å². The molecule has 1 aromatic carbocycles. The molecule has 4 heterocycles. The van der Waals surface area contributed by atoms with Gasteiger partial charge in [0.05, 0.1) is 33.6 Å². The minimum absolute atomic E-state index is 0. The lowest BCUT2D eigenvalue weighted by Gasteiger charge is -2.25. The molecule has 0 aliphatic carbocycles. The molecule has 0 amide bonds. The van der Waals surface area contributed by atoms with Gasteiger partial charge in [-0.3, -0.25) is 19.1 Å². The third-order valence-corrected chi connectivity index (χ3v) is 7.56. The number of benzene rings is 1. The first-order chi connectivity index (χ1) is 18.8. The van der Waals surface area contributed by atoms with Crippen LogP contribution in [0.5, 0.6) is 11.5 Å². The number of anilines is 1. The number of ether oxygens (including phenoxy) is 2. The summed E-state index contributed by atoms with van der Waals surface area (Å²) in [6.45, 7) is 3.64. The van der Waals surface area contributed by atoms with Gasteiger partial charge >= 0.3 is 0 Å². The van der Waals surface area contributed by atoms with Crippen molar-refractivity contribution >= 4 is 21.8 Å². The standard InChI is InChI=1S/C22H24FN7O6S.C2H6.H2/c1-29-19(20-24-10-13(23)11-25-20)17(12-36-29)37(31,32)28-22-27-26-21(16-8-5-9-35-16)30(22)18-14(33-2)6-4-7-15(18)34-3;1-2;/h4-10,17,19H,11-12H2,1-3H3,(H,24,25)(H,27,28);1-2H3;1H/t17-,19-;;/m0../s1. The van der Waals surface area contributed by atoms with Gasteiger partial charge in [0, 0.05) is 14.7 Å². The number of hydrogen-bond donors (Lipinski definition) is 2. The van der Waals surface area contributed by atoms with Gasteiger partial charge in [-0.25, -0.2) is 12.8 Å². The second-order valence-electron chi connectivity index (χ2n) is 8.08. The van der Waals surface area contributed by atoms with E-state index >= 15 is 0 Å². The summed E-state index contributed by atoms with van der Waals surface area (Å²) in [5, 5.41) is 11.3. The SMILES string of the molecule is CC.COc1cccc(OC)c1-n1c(NS(=O)(=O)[C@H]2CON(C)[C@@H]2C2=NCC(F)=CN2)nnc1-c1ccco1.[HH]. The van der Waals surface area contributed by atoms with Gasteiger partial charge in [0.25, 0.3) is 0 Å². The number of rotatable bonds is 8. The van der Waals surface area contributed by atoms with Crippen LogP contribution in [-0.2, 0) is 14.9 Å². The number of nitrogens with one attached hydrogen (secondary N) is 2. The normalized spacial score (nSPS) is 19.3. The Hall–Kier alpha value is -3.95. The Morgan fingerprint density at radius 2 is 1.87 bits per heavy atom. The first kappa shape index (κ1) is 28.1. The van der Waals surface area contributed by atoms with Crippen LogP contribution in [0.15, 0.2) is 58.0 Å². The molecule has 0 spiro atoms. The smallest absolute Gasteiger partial charge is 0.243 e. The predicted molar refractivity (Wildman–Crippen MR) is 144 cm³/mol. The number of likely N-dealkylation sites (N-methyl/N-ethyl adjacent to an activating group) is 1. The number of para-hydroxylation sites is 1. The van der Waals surface area contributed by atoms with E-state index in [9.17, 15) is 12.8 Å². The third kappa shape index (κ3) is 5.46. The maximum atomic E-state index is 13.7. The molecule has 2 aliphatic heterocycles. The van der Waals surface area contributed by atoms with Gasteiger partial charge in [-0.15, -0.1) is 10.2 Å². The minimum Gasteiger partial charge on any atom is -0.494 e. The van der Waals surface area contributed by atoms with Crippen molar-refractivity contribution in [2.45, 2.75) is 25.1 Å². The molecule has 39 heavy (non-hydrogen) atoms. The van der Waals surface area contributed by atoms with E-state index in [1.807, 2.05) is 13.8 Å². The maximum Gasteiger partial charge on any atom is 0.243 e. The molecule has 3 aromatic rings. The van der Waals surface area contributed by atoms with E-state index in [-0.39, 0.29) is 32.2 Å². The van der Waals surface area contributed by atoms with Gasteiger partial charge in [-0.05, 0) is 24.3 Å². The van der Waals surface area contributed by atoms with Crippen LogP contribution in [0.1, 0.15) is 15.3 Å². The molecule has 1 fully saturated rings. The molecule has 2 N–H and O–H groups in total. The molecule has 2 aromatic heterocycles. The van der Waals surface area contributed by atoms with Gasteiger partial charge in [-0.2, -0.15) is 5.06 Å². The number of aromatic nitrogens is 3. The van der Waals surface area contributed by atoms with Crippen LogP contribution in [0, 0.1) is 0 Å². The van der Waals surface area contributed by atoms with Gasteiger partial charge in [0.15, 0.2) is 5.76 Å². The van der Waals surface area contributed by atoms with E-state index in [0.717, 1.165) is 6.20 Å². The number of sulfonamides is 1. The average molecular weight is 566 g/mol. The molecule has 0 unspecified atom stereocenters. The van der Waals surface area contributed by atoms with E-state index in [2.05, 4.69) is 25.2 Å².